The standard InChI is InChI=1S/C28H38FN3O4/c1-6-8-27(33)30-23-11-12-24-25(14-23)36-18-20(3)32(16-21-9-7-10-22(29)13-21)15-19(2)26(35-5)17-31(4)28(24)34/h7,9-14,19-20,26H,6,8,15-18H2,1-5H3,(H,30,33)/t19-,20+,26-/m0/s1. The first-order valence-electron chi connectivity index (χ1n) is 12.5. The molecule has 196 valence electrons. The van der Waals surface area contributed by atoms with Gasteiger partial charge in [-0.3, -0.25) is 14.5 Å². The molecule has 3 atom stereocenters. The first-order chi connectivity index (χ1) is 17.2. The number of ether oxygens (including phenoxy) is 2. The van der Waals surface area contributed by atoms with Crippen LogP contribution in [-0.2, 0) is 16.1 Å². The molecule has 0 saturated carbocycles. The van der Waals surface area contributed by atoms with Gasteiger partial charge >= 0.3 is 0 Å². The van der Waals surface area contributed by atoms with E-state index in [9.17, 15) is 14.0 Å². The lowest BCUT2D eigenvalue weighted by Crippen LogP contribution is -2.46. The molecule has 36 heavy (non-hydrogen) atoms. The Morgan fingerprint density at radius 1 is 1.19 bits per heavy atom. The number of amides is 2. The van der Waals surface area contributed by atoms with Gasteiger partial charge in [-0.2, -0.15) is 0 Å². The summed E-state index contributed by atoms with van der Waals surface area (Å²) in [6.07, 6.45) is 0.980. The zero-order chi connectivity index (χ0) is 26.2. The van der Waals surface area contributed by atoms with Crippen molar-refractivity contribution in [2.24, 2.45) is 5.92 Å². The summed E-state index contributed by atoms with van der Waals surface area (Å²) in [4.78, 5) is 29.3. The Bertz CT molecular complexity index is 1050. The number of hydrogen-bond donors (Lipinski definition) is 1. The van der Waals surface area contributed by atoms with Crippen LogP contribution in [0.1, 0.15) is 49.5 Å². The first kappa shape index (κ1) is 27.6. The van der Waals surface area contributed by atoms with Crippen LogP contribution in [0, 0.1) is 11.7 Å². The summed E-state index contributed by atoms with van der Waals surface area (Å²) in [5.41, 5.74) is 1.89. The highest BCUT2D eigenvalue weighted by Gasteiger charge is 2.28. The van der Waals surface area contributed by atoms with Gasteiger partial charge in [0.15, 0.2) is 0 Å². The van der Waals surface area contributed by atoms with Gasteiger partial charge in [-0.25, -0.2) is 4.39 Å². The Balaban J connectivity index is 1.93. The third kappa shape index (κ3) is 7.27. The highest BCUT2D eigenvalue weighted by Crippen LogP contribution is 2.27. The second-order valence-electron chi connectivity index (χ2n) is 9.67. The summed E-state index contributed by atoms with van der Waals surface area (Å²) >= 11 is 0. The number of anilines is 1. The van der Waals surface area contributed by atoms with Gasteiger partial charge in [0.1, 0.15) is 18.2 Å². The minimum atomic E-state index is -0.264. The lowest BCUT2D eigenvalue weighted by molar-refractivity contribution is -0.116. The van der Waals surface area contributed by atoms with Crippen LogP contribution in [0.25, 0.3) is 0 Å². The highest BCUT2D eigenvalue weighted by molar-refractivity contribution is 5.98. The number of nitrogens with zero attached hydrogens (tertiary/aromatic N) is 2. The molecule has 0 bridgehead atoms. The minimum absolute atomic E-state index is 0.0355. The lowest BCUT2D eigenvalue weighted by atomic mass is 10.0. The average Bonchev–Trinajstić information content (AvgIpc) is 2.84. The predicted octanol–water partition coefficient (Wildman–Crippen LogP) is 4.57. The van der Waals surface area contributed by atoms with E-state index in [1.807, 2.05) is 13.0 Å². The Labute approximate surface area is 213 Å². The van der Waals surface area contributed by atoms with Crippen molar-refractivity contribution < 1.29 is 23.5 Å². The quantitative estimate of drug-likeness (QED) is 0.631. The monoisotopic (exact) mass is 499 g/mol. The lowest BCUT2D eigenvalue weighted by Gasteiger charge is -2.36. The van der Waals surface area contributed by atoms with Crippen molar-refractivity contribution in [3.8, 4) is 5.75 Å². The number of methoxy groups -OCH3 is 1. The van der Waals surface area contributed by atoms with E-state index in [4.69, 9.17) is 9.47 Å². The molecule has 2 aromatic carbocycles. The molecule has 2 amide bonds. The maximum absolute atomic E-state index is 13.9. The van der Waals surface area contributed by atoms with Crippen molar-refractivity contribution in [1.29, 1.82) is 0 Å². The summed E-state index contributed by atoms with van der Waals surface area (Å²) in [6, 6.07) is 11.7. The van der Waals surface area contributed by atoms with Crippen molar-refractivity contribution in [3.05, 3.63) is 59.4 Å². The zero-order valence-electron chi connectivity index (χ0n) is 21.9. The Morgan fingerprint density at radius 2 is 1.97 bits per heavy atom. The Kier molecular flexibility index (Phi) is 9.84. The molecule has 1 N–H and O–H groups in total. The number of carbonyl (C=O) groups is 2. The summed E-state index contributed by atoms with van der Waals surface area (Å²) in [5.74, 6) is 0.00836. The molecule has 2 aromatic rings. The summed E-state index contributed by atoms with van der Waals surface area (Å²) in [6.45, 7) is 8.06. The average molecular weight is 500 g/mol. The van der Waals surface area contributed by atoms with Crippen LogP contribution < -0.4 is 10.1 Å². The van der Waals surface area contributed by atoms with Crippen LogP contribution in [0.3, 0.4) is 0 Å². The smallest absolute Gasteiger partial charge is 0.257 e. The van der Waals surface area contributed by atoms with E-state index in [0.717, 1.165) is 12.0 Å². The molecule has 0 unspecified atom stereocenters. The Hall–Kier alpha value is -2.97. The highest BCUT2D eigenvalue weighted by atomic mass is 19.1. The summed E-state index contributed by atoms with van der Waals surface area (Å²) in [7, 11) is 3.41. The van der Waals surface area contributed by atoms with Crippen LogP contribution >= 0.6 is 0 Å². The molecule has 0 saturated heterocycles. The number of nitrogens with one attached hydrogen (secondary N) is 1. The Morgan fingerprint density at radius 3 is 2.67 bits per heavy atom. The maximum Gasteiger partial charge on any atom is 0.257 e. The number of rotatable bonds is 6. The van der Waals surface area contributed by atoms with Gasteiger partial charge in [0.05, 0.1) is 11.7 Å². The van der Waals surface area contributed by atoms with Crippen molar-refractivity contribution in [2.75, 3.05) is 39.2 Å². The van der Waals surface area contributed by atoms with E-state index >= 15 is 0 Å². The molecular formula is C28H38FN3O4. The molecule has 0 aliphatic carbocycles. The number of benzene rings is 2. The molecule has 0 radical (unpaired) electrons. The molecular weight excluding hydrogens is 461 g/mol. The largest absolute Gasteiger partial charge is 0.491 e. The molecule has 8 heteroatoms. The van der Waals surface area contributed by atoms with Crippen molar-refractivity contribution in [3.63, 3.8) is 0 Å². The minimum Gasteiger partial charge on any atom is -0.491 e. The molecule has 0 fully saturated rings. The number of fused-ring (bicyclic) bond motifs is 1. The first-order valence-corrected chi connectivity index (χ1v) is 12.5. The van der Waals surface area contributed by atoms with Crippen LogP contribution in [0.4, 0.5) is 10.1 Å². The van der Waals surface area contributed by atoms with E-state index in [-0.39, 0.29) is 35.7 Å². The van der Waals surface area contributed by atoms with Gasteiger partial charge in [-0.1, -0.05) is 26.0 Å². The molecule has 7 nitrogen and oxygen atoms in total. The van der Waals surface area contributed by atoms with Crippen LogP contribution in [0.2, 0.25) is 0 Å². The number of carbonyl (C=O) groups excluding carboxylic acids is 2. The molecule has 0 aromatic heterocycles. The van der Waals surface area contributed by atoms with E-state index in [2.05, 4.69) is 24.1 Å². The van der Waals surface area contributed by atoms with Gasteiger partial charge in [0.2, 0.25) is 5.91 Å². The van der Waals surface area contributed by atoms with Crippen LogP contribution in [-0.4, -0.2) is 67.6 Å². The van der Waals surface area contributed by atoms with E-state index in [0.29, 0.717) is 49.7 Å². The van der Waals surface area contributed by atoms with Gasteiger partial charge in [0, 0.05) is 58.0 Å². The number of hydrogen-bond acceptors (Lipinski definition) is 5. The second-order valence-corrected chi connectivity index (χ2v) is 9.67. The SMILES string of the molecule is CCCC(=O)Nc1ccc2c(c1)OC[C@@H](C)N(Cc1cccc(F)c1)C[C@H](C)[C@@H](OC)CN(C)C2=O. The predicted molar refractivity (Wildman–Crippen MR) is 139 cm³/mol. The fraction of sp³-hybridized carbons (Fsp3) is 0.500. The molecule has 3 rings (SSSR count). The van der Waals surface area contributed by atoms with E-state index in [1.165, 1.54) is 6.07 Å². The number of likely N-dealkylation sites (N-methyl/N-ethyl adjacent to an activating group) is 1. The van der Waals surface area contributed by atoms with Gasteiger partial charge in [-0.15, -0.1) is 0 Å². The van der Waals surface area contributed by atoms with E-state index < -0.39 is 0 Å². The fourth-order valence-corrected chi connectivity index (χ4v) is 4.47. The normalized spacial score (nSPS) is 21.7. The molecule has 1 aliphatic heterocycles. The zero-order valence-corrected chi connectivity index (χ0v) is 21.9. The summed E-state index contributed by atoms with van der Waals surface area (Å²) < 4.78 is 25.9. The second kappa shape index (κ2) is 12.8. The van der Waals surface area contributed by atoms with Crippen molar-refractivity contribution in [1.82, 2.24) is 9.80 Å². The third-order valence-corrected chi connectivity index (χ3v) is 6.61. The summed E-state index contributed by atoms with van der Waals surface area (Å²) in [5, 5.41) is 2.88. The number of halogens is 1. The molecule has 1 heterocycles. The van der Waals surface area contributed by atoms with Gasteiger partial charge in [-0.05, 0) is 49.1 Å². The van der Waals surface area contributed by atoms with E-state index in [1.54, 1.807) is 49.4 Å². The van der Waals surface area contributed by atoms with Crippen LogP contribution in [0.5, 0.6) is 5.75 Å². The van der Waals surface area contributed by atoms with Gasteiger partial charge in [0.25, 0.3) is 5.91 Å². The maximum atomic E-state index is 13.9. The van der Waals surface area contributed by atoms with Crippen molar-refractivity contribution in [2.45, 2.75) is 52.3 Å². The van der Waals surface area contributed by atoms with Gasteiger partial charge < -0.3 is 19.7 Å². The molecule has 1 aliphatic rings. The molecule has 0 spiro atoms. The van der Waals surface area contributed by atoms with Crippen molar-refractivity contribution >= 4 is 17.5 Å². The van der Waals surface area contributed by atoms with Crippen LogP contribution in [0.15, 0.2) is 42.5 Å². The third-order valence-electron chi connectivity index (χ3n) is 6.61. The fourth-order valence-electron chi connectivity index (χ4n) is 4.47. The topological polar surface area (TPSA) is 71.1 Å².